The maximum Gasteiger partial charge on any atom is 0.326 e. The highest BCUT2D eigenvalue weighted by Gasteiger charge is 2.66. The molecule has 0 unspecified atom stereocenters. The first kappa shape index (κ1) is 18.4. The minimum atomic E-state index is -1.28. The normalized spacial score (nSPS) is 30.5. The molecule has 7 nitrogen and oxygen atoms in total. The molecular weight excluding hydrogens is 336 g/mol. The molecule has 26 heavy (non-hydrogen) atoms. The fraction of sp³-hybridized carbons (Fsp3) is 0.526. The molecule has 3 rings (SSSR count). The summed E-state index contributed by atoms with van der Waals surface area (Å²) in [6.45, 7) is 4.17. The zero-order chi connectivity index (χ0) is 19.1. The van der Waals surface area contributed by atoms with Crippen LogP contribution in [0.4, 0.5) is 0 Å². The fourth-order valence-corrected chi connectivity index (χ4v) is 4.03. The molecule has 2 aliphatic heterocycles. The molecule has 0 aliphatic carbocycles. The van der Waals surface area contributed by atoms with Crippen LogP contribution in [-0.4, -0.2) is 49.0 Å². The van der Waals surface area contributed by atoms with Gasteiger partial charge in [-0.05, 0) is 19.4 Å². The lowest BCUT2D eigenvalue weighted by molar-refractivity contribution is -0.152. The van der Waals surface area contributed by atoms with E-state index in [4.69, 9.17) is 9.47 Å². The van der Waals surface area contributed by atoms with E-state index in [1.165, 1.54) is 14.2 Å². The van der Waals surface area contributed by atoms with E-state index in [1.54, 1.807) is 6.92 Å². The molecule has 4 atom stereocenters. The Labute approximate surface area is 152 Å². The number of methoxy groups -OCH3 is 1. The lowest BCUT2D eigenvalue weighted by Gasteiger charge is -2.28. The molecule has 0 saturated carbocycles. The number of ether oxygens (including phenoxy) is 2. The Kier molecular flexibility index (Phi) is 4.75. The highest BCUT2D eigenvalue weighted by molar-refractivity contribution is 6.09. The van der Waals surface area contributed by atoms with Crippen molar-refractivity contribution in [2.45, 2.75) is 31.8 Å². The van der Waals surface area contributed by atoms with Crippen LogP contribution in [0.3, 0.4) is 0 Å². The molecule has 2 aliphatic rings. The number of likely N-dealkylation sites (tertiary alicyclic amines) is 1. The second-order valence-electron chi connectivity index (χ2n) is 6.94. The zero-order valence-corrected chi connectivity index (χ0v) is 15.4. The van der Waals surface area contributed by atoms with Gasteiger partial charge in [-0.3, -0.25) is 24.6 Å². The zero-order valence-electron chi connectivity index (χ0n) is 15.4. The van der Waals surface area contributed by atoms with Gasteiger partial charge in [0.15, 0.2) is 0 Å². The van der Waals surface area contributed by atoms with Gasteiger partial charge in [0.2, 0.25) is 11.8 Å². The monoisotopic (exact) mass is 360 g/mol. The van der Waals surface area contributed by atoms with Crippen LogP contribution in [0.15, 0.2) is 24.3 Å². The van der Waals surface area contributed by atoms with Gasteiger partial charge in [-0.1, -0.05) is 25.1 Å². The summed E-state index contributed by atoms with van der Waals surface area (Å²) in [6.07, 6.45) is 0.846. The second kappa shape index (κ2) is 6.72. The molecule has 1 aromatic rings. The Balaban J connectivity index is 2.08. The number of carbonyl (C=O) groups excluding carboxylic acids is 3. The van der Waals surface area contributed by atoms with Crippen LogP contribution in [0.2, 0.25) is 0 Å². The summed E-state index contributed by atoms with van der Waals surface area (Å²) < 4.78 is 10.8. The van der Waals surface area contributed by atoms with Crippen LogP contribution < -0.4 is 10.1 Å². The Hall–Kier alpha value is -2.41. The highest BCUT2D eigenvalue weighted by atomic mass is 16.5. The Morgan fingerprint density at radius 1 is 1.27 bits per heavy atom. The predicted octanol–water partition coefficient (Wildman–Crippen LogP) is 1.28. The summed E-state index contributed by atoms with van der Waals surface area (Å²) in [5, 5.41) is 3.21. The van der Waals surface area contributed by atoms with Crippen molar-refractivity contribution in [3.63, 3.8) is 0 Å². The third-order valence-corrected chi connectivity index (χ3v) is 5.33. The molecule has 2 heterocycles. The molecule has 2 fully saturated rings. The number of fused-ring (bicyclic) bond motifs is 1. The number of imide groups is 1. The first-order chi connectivity index (χ1) is 12.4. The fourth-order valence-electron chi connectivity index (χ4n) is 4.03. The van der Waals surface area contributed by atoms with E-state index < -0.39 is 29.4 Å². The minimum Gasteiger partial charge on any atom is -0.493 e. The maximum atomic E-state index is 12.8. The number of benzene rings is 1. The summed E-state index contributed by atoms with van der Waals surface area (Å²) in [4.78, 5) is 39.1. The van der Waals surface area contributed by atoms with Crippen LogP contribution in [0.25, 0.3) is 0 Å². The number of para-hydroxylation sites is 1. The van der Waals surface area contributed by atoms with Crippen molar-refractivity contribution in [2.24, 2.45) is 11.8 Å². The topological polar surface area (TPSA) is 84.9 Å². The van der Waals surface area contributed by atoms with E-state index in [2.05, 4.69) is 5.32 Å². The molecule has 2 saturated heterocycles. The third-order valence-electron chi connectivity index (χ3n) is 5.33. The van der Waals surface area contributed by atoms with E-state index in [0.717, 1.165) is 16.9 Å². The molecule has 0 radical (unpaired) electrons. The van der Waals surface area contributed by atoms with E-state index in [9.17, 15) is 14.4 Å². The van der Waals surface area contributed by atoms with Gasteiger partial charge < -0.3 is 9.47 Å². The van der Waals surface area contributed by atoms with Crippen molar-refractivity contribution in [2.75, 3.05) is 20.8 Å². The molecule has 140 valence electrons. The average molecular weight is 360 g/mol. The Bertz CT molecular complexity index is 749. The van der Waals surface area contributed by atoms with E-state index in [-0.39, 0.29) is 11.8 Å². The molecule has 2 amide bonds. The number of carbonyl (C=O) groups is 3. The van der Waals surface area contributed by atoms with Crippen molar-refractivity contribution in [3.8, 4) is 5.75 Å². The smallest absolute Gasteiger partial charge is 0.326 e. The van der Waals surface area contributed by atoms with E-state index >= 15 is 0 Å². The van der Waals surface area contributed by atoms with Crippen molar-refractivity contribution in [3.05, 3.63) is 29.8 Å². The van der Waals surface area contributed by atoms with Gasteiger partial charge in [0, 0.05) is 18.7 Å². The first-order valence-electron chi connectivity index (χ1n) is 8.76. The summed E-state index contributed by atoms with van der Waals surface area (Å²) in [5.41, 5.74) is -0.514. The van der Waals surface area contributed by atoms with Crippen molar-refractivity contribution in [1.29, 1.82) is 0 Å². The standard InChI is InChI=1S/C19H24N2O5/c1-5-10-26-12-9-7-6-8-11(12)15-13-14(17(23)21(3)16(13)22)19(2,20-15)18(24)25-4/h6-9,13-15,20H,5,10H2,1-4H3/t13-,14-,15-,19-/m1/s1. The van der Waals surface area contributed by atoms with Gasteiger partial charge in [-0.2, -0.15) is 0 Å². The number of hydrogen-bond donors (Lipinski definition) is 1. The molecule has 0 aromatic heterocycles. The Morgan fingerprint density at radius 2 is 1.96 bits per heavy atom. The third kappa shape index (κ3) is 2.58. The number of hydrogen-bond acceptors (Lipinski definition) is 6. The molecule has 1 N–H and O–H groups in total. The molecule has 0 spiro atoms. The van der Waals surface area contributed by atoms with Crippen molar-refractivity contribution in [1.82, 2.24) is 10.2 Å². The summed E-state index contributed by atoms with van der Waals surface area (Å²) in [7, 11) is 2.73. The number of nitrogens with one attached hydrogen (secondary N) is 1. The van der Waals surface area contributed by atoms with Gasteiger partial charge in [-0.25, -0.2) is 0 Å². The van der Waals surface area contributed by atoms with Crippen molar-refractivity contribution >= 4 is 17.8 Å². The number of rotatable bonds is 5. The Morgan fingerprint density at radius 3 is 2.62 bits per heavy atom. The van der Waals surface area contributed by atoms with Crippen LogP contribution in [0.1, 0.15) is 31.9 Å². The van der Waals surface area contributed by atoms with Crippen LogP contribution >= 0.6 is 0 Å². The quantitative estimate of drug-likeness (QED) is 0.629. The van der Waals surface area contributed by atoms with Gasteiger partial charge in [0.25, 0.3) is 0 Å². The largest absolute Gasteiger partial charge is 0.493 e. The number of nitrogens with zero attached hydrogens (tertiary/aromatic N) is 1. The van der Waals surface area contributed by atoms with Crippen molar-refractivity contribution < 1.29 is 23.9 Å². The highest BCUT2D eigenvalue weighted by Crippen LogP contribution is 2.50. The summed E-state index contributed by atoms with van der Waals surface area (Å²) >= 11 is 0. The lowest BCUT2D eigenvalue weighted by Crippen LogP contribution is -2.53. The average Bonchev–Trinajstić information content (AvgIpc) is 3.09. The summed E-state index contributed by atoms with van der Waals surface area (Å²) in [6, 6.07) is 6.88. The van der Waals surface area contributed by atoms with Gasteiger partial charge in [-0.15, -0.1) is 0 Å². The maximum absolute atomic E-state index is 12.8. The number of esters is 1. The molecular formula is C19H24N2O5. The van der Waals surface area contributed by atoms with Crippen LogP contribution in [-0.2, 0) is 19.1 Å². The van der Waals surface area contributed by atoms with Crippen LogP contribution in [0.5, 0.6) is 5.75 Å². The SMILES string of the molecule is CCCOc1ccccc1[C@H]1N[C@@](C)(C(=O)OC)[C@H]2C(=O)N(C)C(=O)[C@@H]12. The number of amides is 2. The molecule has 0 bridgehead atoms. The van der Waals surface area contributed by atoms with Gasteiger partial charge in [0.05, 0.1) is 25.6 Å². The van der Waals surface area contributed by atoms with Gasteiger partial charge >= 0.3 is 5.97 Å². The predicted molar refractivity (Wildman–Crippen MR) is 93.3 cm³/mol. The minimum absolute atomic E-state index is 0.296. The first-order valence-corrected chi connectivity index (χ1v) is 8.76. The van der Waals surface area contributed by atoms with Crippen LogP contribution in [0, 0.1) is 11.8 Å². The molecule has 7 heteroatoms. The summed E-state index contributed by atoms with van der Waals surface area (Å²) in [5.74, 6) is -2.06. The molecule has 1 aromatic carbocycles. The second-order valence-corrected chi connectivity index (χ2v) is 6.94. The van der Waals surface area contributed by atoms with E-state index in [0.29, 0.717) is 12.4 Å². The van der Waals surface area contributed by atoms with Gasteiger partial charge in [0.1, 0.15) is 11.3 Å². The van der Waals surface area contributed by atoms with E-state index in [1.807, 2.05) is 31.2 Å². The lowest BCUT2D eigenvalue weighted by atomic mass is 9.80.